The first kappa shape index (κ1) is 19.1. The zero-order chi connectivity index (χ0) is 19.9. The van der Waals surface area contributed by atoms with Crippen molar-refractivity contribution in [2.75, 3.05) is 18.6 Å². The first-order chi connectivity index (χ1) is 14.3. The number of ether oxygens (including phenoxy) is 1. The van der Waals surface area contributed by atoms with E-state index in [9.17, 15) is 0 Å². The summed E-state index contributed by atoms with van der Waals surface area (Å²) >= 11 is 0. The molecular formula is C26H28N2O. The van der Waals surface area contributed by atoms with Gasteiger partial charge < -0.3 is 10.2 Å². The van der Waals surface area contributed by atoms with Crippen molar-refractivity contribution in [3.05, 3.63) is 102 Å². The Hall–Kier alpha value is -3.20. The summed E-state index contributed by atoms with van der Waals surface area (Å²) in [6, 6.07) is 27.7. The van der Waals surface area contributed by atoms with Crippen molar-refractivity contribution in [3.63, 3.8) is 0 Å². The SMILES string of the molecule is CCNn1ccc2c(CCc3ccccc3OCCc3ccccc3)cccc21. The molecule has 0 saturated carbocycles. The standard InChI is InChI=1S/C26H28N2O/c1-2-27-28-19-17-24-22(12-8-13-25(24)28)15-16-23-11-6-7-14-26(23)29-20-18-21-9-4-3-5-10-21/h3-14,17,19,27H,2,15-16,18,20H2,1H3. The summed E-state index contributed by atoms with van der Waals surface area (Å²) in [6.45, 7) is 3.72. The number of nitrogens with zero attached hydrogens (tertiary/aromatic N) is 1. The first-order valence-electron chi connectivity index (χ1n) is 10.4. The van der Waals surface area contributed by atoms with Crippen LogP contribution < -0.4 is 10.2 Å². The van der Waals surface area contributed by atoms with Crippen LogP contribution in [-0.2, 0) is 19.3 Å². The van der Waals surface area contributed by atoms with E-state index < -0.39 is 0 Å². The van der Waals surface area contributed by atoms with E-state index >= 15 is 0 Å². The number of fused-ring (bicyclic) bond motifs is 1. The highest BCUT2D eigenvalue weighted by Crippen LogP contribution is 2.24. The van der Waals surface area contributed by atoms with E-state index in [1.807, 2.05) is 6.07 Å². The average molecular weight is 385 g/mol. The molecule has 0 aliphatic heterocycles. The van der Waals surface area contributed by atoms with Gasteiger partial charge in [-0.25, -0.2) is 0 Å². The van der Waals surface area contributed by atoms with Crippen LogP contribution in [0, 0.1) is 0 Å². The summed E-state index contributed by atoms with van der Waals surface area (Å²) < 4.78 is 8.25. The molecule has 1 aromatic heterocycles. The Morgan fingerprint density at radius 1 is 0.759 bits per heavy atom. The Labute approximate surface area is 172 Å². The second-order valence-electron chi connectivity index (χ2n) is 7.24. The zero-order valence-corrected chi connectivity index (χ0v) is 17.0. The van der Waals surface area contributed by atoms with Crippen LogP contribution in [-0.4, -0.2) is 17.8 Å². The van der Waals surface area contributed by atoms with Crippen LogP contribution in [0.4, 0.5) is 0 Å². The quantitative estimate of drug-likeness (QED) is 0.406. The van der Waals surface area contributed by atoms with Crippen molar-refractivity contribution >= 4 is 10.9 Å². The number of hydrogen-bond donors (Lipinski definition) is 1. The van der Waals surface area contributed by atoms with Crippen LogP contribution in [0.3, 0.4) is 0 Å². The van der Waals surface area contributed by atoms with Gasteiger partial charge in [-0.05, 0) is 54.7 Å². The molecule has 0 aliphatic rings. The number of nitrogens with one attached hydrogen (secondary N) is 1. The predicted octanol–water partition coefficient (Wildman–Crippen LogP) is 5.61. The van der Waals surface area contributed by atoms with Gasteiger partial charge >= 0.3 is 0 Å². The second-order valence-corrected chi connectivity index (χ2v) is 7.24. The highest BCUT2D eigenvalue weighted by molar-refractivity contribution is 5.84. The molecule has 0 spiro atoms. The van der Waals surface area contributed by atoms with Crippen LogP contribution in [0.15, 0.2) is 85.1 Å². The lowest BCUT2D eigenvalue weighted by atomic mass is 10.0. The summed E-state index contributed by atoms with van der Waals surface area (Å²) in [7, 11) is 0. The molecule has 29 heavy (non-hydrogen) atoms. The van der Waals surface area contributed by atoms with Gasteiger partial charge in [0, 0.05) is 24.5 Å². The Bertz CT molecular complexity index is 1050. The van der Waals surface area contributed by atoms with Crippen LogP contribution in [0.5, 0.6) is 5.75 Å². The van der Waals surface area contributed by atoms with Gasteiger partial charge in [0.05, 0.1) is 12.1 Å². The molecule has 0 bridgehead atoms. The van der Waals surface area contributed by atoms with E-state index in [-0.39, 0.29) is 0 Å². The number of benzene rings is 3. The summed E-state index contributed by atoms with van der Waals surface area (Å²) in [5, 5.41) is 1.32. The minimum Gasteiger partial charge on any atom is -0.493 e. The molecule has 3 aromatic carbocycles. The minimum absolute atomic E-state index is 0.697. The van der Waals surface area contributed by atoms with Gasteiger partial charge in [0.25, 0.3) is 0 Å². The van der Waals surface area contributed by atoms with Gasteiger partial charge in [0.1, 0.15) is 5.75 Å². The monoisotopic (exact) mass is 384 g/mol. The Kier molecular flexibility index (Phi) is 6.16. The van der Waals surface area contributed by atoms with Gasteiger partial charge in [-0.15, -0.1) is 0 Å². The molecule has 0 unspecified atom stereocenters. The summed E-state index contributed by atoms with van der Waals surface area (Å²) in [4.78, 5) is 0. The number of aromatic nitrogens is 1. The molecule has 4 rings (SSSR count). The number of hydrogen-bond acceptors (Lipinski definition) is 2. The molecule has 0 amide bonds. The van der Waals surface area contributed by atoms with Crippen LogP contribution in [0.2, 0.25) is 0 Å². The third kappa shape index (κ3) is 4.62. The van der Waals surface area contributed by atoms with E-state index in [2.05, 4.69) is 96.0 Å². The summed E-state index contributed by atoms with van der Waals surface area (Å²) in [6.07, 6.45) is 4.99. The van der Waals surface area contributed by atoms with Gasteiger partial charge in [-0.1, -0.05) is 60.7 Å². The lowest BCUT2D eigenvalue weighted by Crippen LogP contribution is -2.11. The smallest absolute Gasteiger partial charge is 0.122 e. The molecular weight excluding hydrogens is 356 g/mol. The van der Waals surface area contributed by atoms with Crippen molar-refractivity contribution in [2.24, 2.45) is 0 Å². The van der Waals surface area contributed by atoms with E-state index in [0.29, 0.717) is 6.61 Å². The van der Waals surface area contributed by atoms with Crippen LogP contribution in [0.1, 0.15) is 23.6 Å². The molecule has 0 saturated heterocycles. The average Bonchev–Trinajstić information content (AvgIpc) is 3.18. The maximum Gasteiger partial charge on any atom is 0.122 e. The van der Waals surface area contributed by atoms with Crippen molar-refractivity contribution in [3.8, 4) is 5.75 Å². The van der Waals surface area contributed by atoms with Gasteiger partial charge in [-0.2, -0.15) is 0 Å². The second kappa shape index (κ2) is 9.33. The fraction of sp³-hybridized carbons (Fsp3) is 0.231. The predicted molar refractivity (Wildman–Crippen MR) is 121 cm³/mol. The van der Waals surface area contributed by atoms with Gasteiger partial charge in [0.2, 0.25) is 0 Å². The third-order valence-electron chi connectivity index (χ3n) is 5.28. The fourth-order valence-corrected chi connectivity index (χ4v) is 3.80. The Morgan fingerprint density at radius 2 is 1.52 bits per heavy atom. The van der Waals surface area contributed by atoms with Crippen molar-refractivity contribution in [1.82, 2.24) is 4.68 Å². The molecule has 0 radical (unpaired) electrons. The minimum atomic E-state index is 0.697. The summed E-state index contributed by atoms with van der Waals surface area (Å²) in [5.41, 5.74) is 8.55. The molecule has 0 fully saturated rings. The third-order valence-corrected chi connectivity index (χ3v) is 5.28. The Balaban J connectivity index is 1.43. The van der Waals surface area contributed by atoms with E-state index in [0.717, 1.165) is 31.6 Å². The molecule has 3 heteroatoms. The maximum absolute atomic E-state index is 6.14. The van der Waals surface area contributed by atoms with Crippen molar-refractivity contribution in [1.29, 1.82) is 0 Å². The van der Waals surface area contributed by atoms with Crippen molar-refractivity contribution < 1.29 is 4.74 Å². The number of rotatable bonds is 9. The first-order valence-corrected chi connectivity index (χ1v) is 10.4. The van der Waals surface area contributed by atoms with Crippen LogP contribution in [0.25, 0.3) is 10.9 Å². The van der Waals surface area contributed by atoms with E-state index in [4.69, 9.17) is 4.74 Å². The molecule has 1 N–H and O–H groups in total. The maximum atomic E-state index is 6.14. The number of para-hydroxylation sites is 1. The van der Waals surface area contributed by atoms with Gasteiger partial charge in [0.15, 0.2) is 0 Å². The molecule has 148 valence electrons. The summed E-state index contributed by atoms with van der Waals surface area (Å²) in [5.74, 6) is 1.00. The topological polar surface area (TPSA) is 26.2 Å². The molecule has 4 aromatic rings. The normalized spacial score (nSPS) is 10.9. The van der Waals surface area contributed by atoms with Crippen molar-refractivity contribution in [2.45, 2.75) is 26.2 Å². The lowest BCUT2D eigenvalue weighted by molar-refractivity contribution is 0.318. The molecule has 3 nitrogen and oxygen atoms in total. The zero-order valence-electron chi connectivity index (χ0n) is 17.0. The largest absolute Gasteiger partial charge is 0.493 e. The molecule has 0 aliphatic carbocycles. The van der Waals surface area contributed by atoms with Crippen LogP contribution >= 0.6 is 0 Å². The van der Waals surface area contributed by atoms with E-state index in [1.165, 1.54) is 27.6 Å². The molecule has 1 heterocycles. The Morgan fingerprint density at radius 3 is 2.38 bits per heavy atom. The fourth-order valence-electron chi connectivity index (χ4n) is 3.80. The van der Waals surface area contributed by atoms with Gasteiger partial charge in [-0.3, -0.25) is 4.68 Å². The highest BCUT2D eigenvalue weighted by atomic mass is 16.5. The number of aryl methyl sites for hydroxylation is 2. The highest BCUT2D eigenvalue weighted by Gasteiger charge is 2.08. The molecule has 0 atom stereocenters. The lowest BCUT2D eigenvalue weighted by Gasteiger charge is -2.12. The van der Waals surface area contributed by atoms with E-state index in [1.54, 1.807) is 0 Å².